The first-order valence-electron chi connectivity index (χ1n) is 7.66. The Morgan fingerprint density at radius 1 is 1.19 bits per heavy atom. The zero-order chi connectivity index (χ0) is 18.9. The summed E-state index contributed by atoms with van der Waals surface area (Å²) in [5.74, 6) is 4.48. The smallest absolute Gasteiger partial charge is 0.256 e. The van der Waals surface area contributed by atoms with Gasteiger partial charge in [-0.25, -0.2) is 4.39 Å². The molecule has 0 bridgehead atoms. The number of rotatable bonds is 5. The van der Waals surface area contributed by atoms with Crippen LogP contribution in [-0.2, 0) is 4.79 Å². The minimum Gasteiger partial charge on any atom is -0.481 e. The van der Waals surface area contributed by atoms with Gasteiger partial charge in [0.2, 0.25) is 5.91 Å². The maximum Gasteiger partial charge on any atom is 0.256 e. The van der Waals surface area contributed by atoms with Crippen LogP contribution in [0, 0.1) is 17.7 Å². The molecule has 0 aliphatic rings. The Bertz CT molecular complexity index is 854. The van der Waals surface area contributed by atoms with Crippen LogP contribution >= 0.6 is 11.6 Å². The quantitative estimate of drug-likeness (QED) is 0.789. The molecule has 0 aromatic heterocycles. The number of amides is 2. The average Bonchev–Trinajstić information content (AvgIpc) is 2.57. The van der Waals surface area contributed by atoms with E-state index in [1.165, 1.54) is 19.1 Å². The van der Waals surface area contributed by atoms with Gasteiger partial charge < -0.3 is 15.4 Å². The van der Waals surface area contributed by atoms with Crippen LogP contribution in [0.5, 0.6) is 5.75 Å². The van der Waals surface area contributed by atoms with Gasteiger partial charge >= 0.3 is 0 Å². The second-order valence-electron chi connectivity index (χ2n) is 5.13. The molecular weight excluding hydrogens is 359 g/mol. The van der Waals surface area contributed by atoms with Crippen molar-refractivity contribution in [2.45, 2.75) is 6.92 Å². The lowest BCUT2D eigenvalue weighted by Gasteiger charge is -2.06. The van der Waals surface area contributed by atoms with Crippen molar-refractivity contribution in [3.05, 3.63) is 58.9 Å². The molecular formula is C19H16ClFN2O3. The summed E-state index contributed by atoms with van der Waals surface area (Å²) >= 11 is 5.82. The number of benzene rings is 2. The third-order valence-corrected chi connectivity index (χ3v) is 3.43. The monoisotopic (exact) mass is 374 g/mol. The van der Waals surface area contributed by atoms with E-state index in [1.54, 1.807) is 24.3 Å². The van der Waals surface area contributed by atoms with Gasteiger partial charge in [0.05, 0.1) is 17.1 Å². The molecule has 0 saturated heterocycles. The number of carbonyl (C=O) groups excluding carboxylic acids is 2. The van der Waals surface area contributed by atoms with Gasteiger partial charge in [0.15, 0.2) is 0 Å². The third-order valence-electron chi connectivity index (χ3n) is 3.12. The number of hydrogen-bond acceptors (Lipinski definition) is 3. The third kappa shape index (κ3) is 5.80. The van der Waals surface area contributed by atoms with Crippen LogP contribution in [0.15, 0.2) is 42.5 Å². The summed E-state index contributed by atoms with van der Waals surface area (Å²) in [7, 11) is 0. The number of halogens is 2. The summed E-state index contributed by atoms with van der Waals surface area (Å²) in [4.78, 5) is 22.9. The number of carbonyl (C=O) groups is 2. The number of anilines is 1. The second kappa shape index (κ2) is 9.44. The van der Waals surface area contributed by atoms with Crippen molar-refractivity contribution in [2.24, 2.45) is 0 Å². The SMILES string of the molecule is CC(=O)Nc1cccc(OCC#CCNC(=O)c2c(F)cccc2Cl)c1. The summed E-state index contributed by atoms with van der Waals surface area (Å²) in [5, 5.41) is 5.16. The zero-order valence-electron chi connectivity index (χ0n) is 13.9. The first-order chi connectivity index (χ1) is 12.5. The van der Waals surface area contributed by atoms with Crippen LogP contribution < -0.4 is 15.4 Å². The lowest BCUT2D eigenvalue weighted by atomic mass is 10.2. The van der Waals surface area contributed by atoms with Crippen molar-refractivity contribution in [3.8, 4) is 17.6 Å². The summed E-state index contributed by atoms with van der Waals surface area (Å²) in [6, 6.07) is 10.9. The summed E-state index contributed by atoms with van der Waals surface area (Å²) in [6.07, 6.45) is 0. The van der Waals surface area contributed by atoms with Gasteiger partial charge in [-0.15, -0.1) is 0 Å². The van der Waals surface area contributed by atoms with E-state index < -0.39 is 11.7 Å². The highest BCUT2D eigenvalue weighted by Crippen LogP contribution is 2.18. The lowest BCUT2D eigenvalue weighted by Crippen LogP contribution is -2.25. The predicted octanol–water partition coefficient (Wildman–Crippen LogP) is 3.25. The Hall–Kier alpha value is -3.04. The van der Waals surface area contributed by atoms with Crippen molar-refractivity contribution in [1.82, 2.24) is 5.32 Å². The van der Waals surface area contributed by atoms with Crippen molar-refractivity contribution < 1.29 is 18.7 Å². The Balaban J connectivity index is 1.81. The molecule has 0 aliphatic heterocycles. The molecule has 2 aromatic rings. The predicted molar refractivity (Wildman–Crippen MR) is 97.8 cm³/mol. The van der Waals surface area contributed by atoms with Crippen LogP contribution in [0.2, 0.25) is 5.02 Å². The number of ether oxygens (including phenoxy) is 1. The van der Waals surface area contributed by atoms with E-state index in [1.807, 2.05) is 0 Å². The Morgan fingerprint density at radius 3 is 2.69 bits per heavy atom. The van der Waals surface area contributed by atoms with E-state index >= 15 is 0 Å². The molecule has 26 heavy (non-hydrogen) atoms. The molecule has 0 heterocycles. The van der Waals surface area contributed by atoms with Gasteiger partial charge in [-0.1, -0.05) is 35.6 Å². The van der Waals surface area contributed by atoms with Gasteiger partial charge in [0, 0.05) is 18.7 Å². The van der Waals surface area contributed by atoms with Crippen LogP contribution in [0.25, 0.3) is 0 Å². The van der Waals surface area contributed by atoms with Gasteiger partial charge in [-0.3, -0.25) is 9.59 Å². The standard InChI is InChI=1S/C19H16ClFN2O3/c1-13(24)23-14-6-4-7-15(12-14)26-11-3-2-10-22-19(25)18-16(20)8-5-9-17(18)21/h4-9,12H,10-11H2,1H3,(H,22,25)(H,23,24). The van der Waals surface area contributed by atoms with E-state index in [0.717, 1.165) is 6.07 Å². The highest BCUT2D eigenvalue weighted by molar-refractivity contribution is 6.33. The fourth-order valence-electron chi connectivity index (χ4n) is 2.03. The minimum atomic E-state index is -0.689. The first kappa shape index (κ1) is 19.3. The molecule has 5 nitrogen and oxygen atoms in total. The normalized spacial score (nSPS) is 9.65. The molecule has 2 N–H and O–H groups in total. The van der Waals surface area contributed by atoms with E-state index in [2.05, 4.69) is 22.5 Å². The van der Waals surface area contributed by atoms with Crippen LogP contribution in [0.1, 0.15) is 17.3 Å². The van der Waals surface area contributed by atoms with Crippen LogP contribution in [0.4, 0.5) is 10.1 Å². The lowest BCUT2D eigenvalue weighted by molar-refractivity contribution is -0.114. The van der Waals surface area contributed by atoms with E-state index in [9.17, 15) is 14.0 Å². The van der Waals surface area contributed by atoms with Gasteiger partial charge in [0.1, 0.15) is 18.2 Å². The Kier molecular flexibility index (Phi) is 7.01. The number of hydrogen-bond donors (Lipinski definition) is 2. The molecule has 0 saturated carbocycles. The van der Waals surface area contributed by atoms with E-state index in [0.29, 0.717) is 11.4 Å². The molecule has 0 radical (unpaired) electrons. The highest BCUT2D eigenvalue weighted by atomic mass is 35.5. The number of nitrogens with one attached hydrogen (secondary N) is 2. The maximum atomic E-state index is 13.6. The molecule has 0 fully saturated rings. The fourth-order valence-corrected chi connectivity index (χ4v) is 2.28. The molecule has 0 unspecified atom stereocenters. The summed E-state index contributed by atoms with van der Waals surface area (Å²) in [5.41, 5.74) is 0.416. The van der Waals surface area contributed by atoms with Gasteiger partial charge in [-0.2, -0.15) is 0 Å². The minimum absolute atomic E-state index is 0.0266. The van der Waals surface area contributed by atoms with E-state index in [4.69, 9.17) is 16.3 Å². The van der Waals surface area contributed by atoms with Crippen molar-refractivity contribution in [2.75, 3.05) is 18.5 Å². The van der Waals surface area contributed by atoms with Crippen LogP contribution in [-0.4, -0.2) is 25.0 Å². The molecule has 0 atom stereocenters. The fraction of sp³-hybridized carbons (Fsp3) is 0.158. The molecule has 2 amide bonds. The van der Waals surface area contributed by atoms with Crippen molar-refractivity contribution in [1.29, 1.82) is 0 Å². The average molecular weight is 375 g/mol. The molecule has 0 aliphatic carbocycles. The van der Waals surface area contributed by atoms with Gasteiger partial charge in [0.25, 0.3) is 5.91 Å². The first-order valence-corrected chi connectivity index (χ1v) is 8.03. The highest BCUT2D eigenvalue weighted by Gasteiger charge is 2.14. The topological polar surface area (TPSA) is 67.4 Å². The molecule has 7 heteroatoms. The second-order valence-corrected chi connectivity index (χ2v) is 5.54. The Labute approximate surface area is 155 Å². The maximum absolute atomic E-state index is 13.6. The van der Waals surface area contributed by atoms with Crippen molar-refractivity contribution in [3.63, 3.8) is 0 Å². The summed E-state index contributed by atoms with van der Waals surface area (Å²) < 4.78 is 19.0. The summed E-state index contributed by atoms with van der Waals surface area (Å²) in [6.45, 7) is 1.54. The van der Waals surface area contributed by atoms with Crippen LogP contribution in [0.3, 0.4) is 0 Å². The zero-order valence-corrected chi connectivity index (χ0v) is 14.7. The molecule has 134 valence electrons. The molecule has 2 aromatic carbocycles. The molecule has 2 rings (SSSR count). The van der Waals surface area contributed by atoms with Gasteiger partial charge in [-0.05, 0) is 24.3 Å². The molecule has 0 spiro atoms. The van der Waals surface area contributed by atoms with E-state index in [-0.39, 0.29) is 29.6 Å². The Morgan fingerprint density at radius 2 is 1.96 bits per heavy atom. The van der Waals surface area contributed by atoms with Crippen molar-refractivity contribution >= 4 is 29.1 Å². The largest absolute Gasteiger partial charge is 0.481 e.